The van der Waals surface area contributed by atoms with Crippen LogP contribution in [0.15, 0.2) is 17.3 Å². The van der Waals surface area contributed by atoms with Gasteiger partial charge in [-0.1, -0.05) is 6.42 Å². The third-order valence-electron chi connectivity index (χ3n) is 3.15. The second kappa shape index (κ2) is 5.16. The van der Waals surface area contributed by atoms with Gasteiger partial charge in [0.1, 0.15) is 0 Å². The first-order chi connectivity index (χ1) is 8.08. The number of rotatable bonds is 4. The van der Waals surface area contributed by atoms with Crippen LogP contribution in [0.25, 0.3) is 0 Å². The third kappa shape index (κ3) is 3.27. The highest BCUT2D eigenvalue weighted by atomic mass is 32.2. The topological polar surface area (TPSA) is 101 Å². The van der Waals surface area contributed by atoms with E-state index in [0.717, 1.165) is 25.7 Å². The highest BCUT2D eigenvalue weighted by Crippen LogP contribution is 2.22. The average molecular weight is 258 g/mol. The molecule has 0 radical (unpaired) electrons. The Kier molecular flexibility index (Phi) is 3.80. The summed E-state index contributed by atoms with van der Waals surface area (Å²) in [5.74, 6) is 0.344. The molecule has 17 heavy (non-hydrogen) atoms. The predicted molar refractivity (Wildman–Crippen MR) is 63.7 cm³/mol. The second-order valence-electron chi connectivity index (χ2n) is 4.57. The van der Waals surface area contributed by atoms with Gasteiger partial charge in [-0.3, -0.25) is 5.10 Å². The van der Waals surface area contributed by atoms with Crippen LogP contribution in [0.4, 0.5) is 0 Å². The molecule has 0 spiro atoms. The molecule has 1 fully saturated rings. The van der Waals surface area contributed by atoms with Crippen molar-refractivity contribution in [3.63, 3.8) is 0 Å². The van der Waals surface area contributed by atoms with Gasteiger partial charge in [-0.25, -0.2) is 13.1 Å². The standard InChI is InChI=1S/C10H18N4O2S/c11-9-3-1-2-8(6-9)7-13-17(15,16)10-4-5-12-14-10/h4-5,8-9,13H,1-3,6-7,11H2,(H,12,14). The molecule has 4 N–H and O–H groups in total. The lowest BCUT2D eigenvalue weighted by Gasteiger charge is -2.26. The van der Waals surface area contributed by atoms with Gasteiger partial charge in [-0.05, 0) is 31.2 Å². The molecule has 1 aliphatic carbocycles. The van der Waals surface area contributed by atoms with Crippen molar-refractivity contribution in [2.75, 3.05) is 6.54 Å². The molecule has 7 heteroatoms. The van der Waals surface area contributed by atoms with Crippen LogP contribution in [0.3, 0.4) is 0 Å². The van der Waals surface area contributed by atoms with Crippen LogP contribution >= 0.6 is 0 Å². The van der Waals surface area contributed by atoms with Crippen LogP contribution in [-0.2, 0) is 10.0 Å². The predicted octanol–water partition coefficient (Wildman–Crippen LogP) is 0.205. The van der Waals surface area contributed by atoms with E-state index in [1.54, 1.807) is 0 Å². The van der Waals surface area contributed by atoms with Crippen LogP contribution in [0.1, 0.15) is 25.7 Å². The van der Waals surface area contributed by atoms with Gasteiger partial charge in [0.15, 0.2) is 5.03 Å². The number of nitrogens with zero attached hydrogens (tertiary/aromatic N) is 1. The lowest BCUT2D eigenvalue weighted by molar-refractivity contribution is 0.322. The maximum Gasteiger partial charge on any atom is 0.257 e. The molecule has 1 aromatic rings. The number of aromatic nitrogens is 2. The van der Waals surface area contributed by atoms with Crippen LogP contribution in [-0.4, -0.2) is 31.2 Å². The number of H-pyrrole nitrogens is 1. The summed E-state index contributed by atoms with van der Waals surface area (Å²) in [6, 6.07) is 1.65. The molecule has 6 nitrogen and oxygen atoms in total. The SMILES string of the molecule is NC1CCCC(CNS(=O)(=O)c2ccn[nH]2)C1. The van der Waals surface area contributed by atoms with Gasteiger partial charge in [0.05, 0.1) is 6.20 Å². The van der Waals surface area contributed by atoms with Crippen LogP contribution < -0.4 is 10.5 Å². The van der Waals surface area contributed by atoms with E-state index in [9.17, 15) is 8.42 Å². The van der Waals surface area contributed by atoms with Crippen molar-refractivity contribution in [2.45, 2.75) is 36.8 Å². The summed E-state index contributed by atoms with van der Waals surface area (Å²) in [4.78, 5) is 0. The number of hydrogen-bond acceptors (Lipinski definition) is 4. The summed E-state index contributed by atoms with van der Waals surface area (Å²) in [7, 11) is -3.44. The van der Waals surface area contributed by atoms with Crippen molar-refractivity contribution < 1.29 is 8.42 Å². The monoisotopic (exact) mass is 258 g/mol. The first-order valence-electron chi connectivity index (χ1n) is 5.82. The van der Waals surface area contributed by atoms with Gasteiger partial charge >= 0.3 is 0 Å². The van der Waals surface area contributed by atoms with Crippen molar-refractivity contribution in [2.24, 2.45) is 11.7 Å². The molecule has 1 heterocycles. The minimum atomic E-state index is -3.44. The smallest absolute Gasteiger partial charge is 0.257 e. The Morgan fingerprint density at radius 3 is 3.00 bits per heavy atom. The van der Waals surface area contributed by atoms with Gasteiger partial charge in [-0.15, -0.1) is 0 Å². The fourth-order valence-corrected chi connectivity index (χ4v) is 3.24. The molecular weight excluding hydrogens is 240 g/mol. The first kappa shape index (κ1) is 12.5. The summed E-state index contributed by atoms with van der Waals surface area (Å²) in [5.41, 5.74) is 5.87. The Balaban J connectivity index is 1.89. The van der Waals surface area contributed by atoms with Crippen molar-refractivity contribution >= 4 is 10.0 Å². The molecule has 2 rings (SSSR count). The molecule has 0 aliphatic heterocycles. The molecule has 1 saturated carbocycles. The molecule has 1 aromatic heterocycles. The molecule has 1 aliphatic rings. The highest BCUT2D eigenvalue weighted by molar-refractivity contribution is 7.89. The second-order valence-corrected chi connectivity index (χ2v) is 6.30. The number of aromatic amines is 1. The fraction of sp³-hybridized carbons (Fsp3) is 0.700. The quantitative estimate of drug-likeness (QED) is 0.718. The minimum Gasteiger partial charge on any atom is -0.328 e. The minimum absolute atomic E-state index is 0.109. The maximum atomic E-state index is 11.8. The van der Waals surface area contributed by atoms with Gasteiger partial charge in [0, 0.05) is 12.6 Å². The molecule has 0 saturated heterocycles. The first-order valence-corrected chi connectivity index (χ1v) is 7.31. The Hall–Kier alpha value is -0.920. The van der Waals surface area contributed by atoms with E-state index >= 15 is 0 Å². The zero-order chi connectivity index (χ0) is 12.3. The molecule has 0 bridgehead atoms. The van der Waals surface area contributed by atoms with E-state index in [1.165, 1.54) is 12.3 Å². The highest BCUT2D eigenvalue weighted by Gasteiger charge is 2.22. The Morgan fingerprint density at radius 1 is 1.53 bits per heavy atom. The lowest BCUT2D eigenvalue weighted by atomic mass is 9.86. The van der Waals surface area contributed by atoms with E-state index in [1.807, 2.05) is 0 Å². The number of sulfonamides is 1. The van der Waals surface area contributed by atoms with Crippen molar-refractivity contribution in [3.8, 4) is 0 Å². The molecule has 96 valence electrons. The Morgan fingerprint density at radius 2 is 2.35 bits per heavy atom. The molecular formula is C10H18N4O2S. The van der Waals surface area contributed by atoms with Gasteiger partial charge in [0.2, 0.25) is 0 Å². The van der Waals surface area contributed by atoms with E-state index < -0.39 is 10.0 Å². The lowest BCUT2D eigenvalue weighted by Crippen LogP contribution is -2.35. The number of hydrogen-bond donors (Lipinski definition) is 3. The van der Waals surface area contributed by atoms with Crippen LogP contribution in [0.2, 0.25) is 0 Å². The van der Waals surface area contributed by atoms with E-state index in [4.69, 9.17) is 5.73 Å². The zero-order valence-corrected chi connectivity index (χ0v) is 10.4. The van der Waals surface area contributed by atoms with E-state index in [0.29, 0.717) is 12.5 Å². The number of nitrogens with one attached hydrogen (secondary N) is 2. The molecule has 0 amide bonds. The maximum absolute atomic E-state index is 11.8. The summed E-state index contributed by atoms with van der Waals surface area (Å²) in [6.07, 6.45) is 5.48. The van der Waals surface area contributed by atoms with E-state index in [-0.39, 0.29) is 11.1 Å². The average Bonchev–Trinajstić information content (AvgIpc) is 2.81. The zero-order valence-electron chi connectivity index (χ0n) is 9.59. The van der Waals surface area contributed by atoms with Gasteiger partial charge in [-0.2, -0.15) is 5.10 Å². The Bertz CT molecular complexity index is 443. The third-order valence-corrected chi connectivity index (χ3v) is 4.50. The summed E-state index contributed by atoms with van der Waals surface area (Å²) < 4.78 is 26.2. The van der Waals surface area contributed by atoms with Crippen molar-refractivity contribution in [1.82, 2.24) is 14.9 Å². The number of nitrogens with two attached hydrogens (primary N) is 1. The summed E-state index contributed by atoms with van der Waals surface area (Å²) >= 11 is 0. The van der Waals surface area contributed by atoms with E-state index in [2.05, 4.69) is 14.9 Å². The van der Waals surface area contributed by atoms with Crippen LogP contribution in [0, 0.1) is 5.92 Å². The fourth-order valence-electron chi connectivity index (χ4n) is 2.22. The van der Waals surface area contributed by atoms with Crippen molar-refractivity contribution in [3.05, 3.63) is 12.3 Å². The van der Waals surface area contributed by atoms with Crippen LogP contribution in [0.5, 0.6) is 0 Å². The molecule has 2 unspecified atom stereocenters. The largest absolute Gasteiger partial charge is 0.328 e. The molecule has 0 aromatic carbocycles. The van der Waals surface area contributed by atoms with Gasteiger partial charge in [0.25, 0.3) is 10.0 Å². The normalized spacial score (nSPS) is 25.9. The van der Waals surface area contributed by atoms with Gasteiger partial charge < -0.3 is 5.73 Å². The van der Waals surface area contributed by atoms with Crippen molar-refractivity contribution in [1.29, 1.82) is 0 Å². The summed E-state index contributed by atoms with van der Waals surface area (Å²) in [6.45, 7) is 0.453. The Labute approximate surface area is 101 Å². The molecule has 2 atom stereocenters. The summed E-state index contributed by atoms with van der Waals surface area (Å²) in [5, 5.41) is 6.19.